The average molecular weight is 522 g/mol. The number of likely N-dealkylation sites (tertiary alicyclic amines) is 1. The van der Waals surface area contributed by atoms with Crippen molar-refractivity contribution in [3.05, 3.63) is 98.0 Å². The van der Waals surface area contributed by atoms with E-state index in [0.717, 1.165) is 54.1 Å². The summed E-state index contributed by atoms with van der Waals surface area (Å²) < 4.78 is 0. The van der Waals surface area contributed by atoms with E-state index in [1.165, 1.54) is 30.5 Å². The third-order valence-electron chi connectivity index (χ3n) is 10.6. The van der Waals surface area contributed by atoms with Crippen LogP contribution in [0.4, 0.5) is 0 Å². The predicted octanol–water partition coefficient (Wildman–Crippen LogP) is 4.31. The summed E-state index contributed by atoms with van der Waals surface area (Å²) in [5.41, 5.74) is 6.70. The van der Waals surface area contributed by atoms with Gasteiger partial charge in [-0.2, -0.15) is 0 Å². The molecule has 6 heteroatoms. The second-order valence-electron chi connectivity index (χ2n) is 12.9. The first-order valence-corrected chi connectivity index (χ1v) is 14.5. The van der Waals surface area contributed by atoms with Crippen LogP contribution in [0, 0.1) is 24.7 Å². The lowest BCUT2D eigenvalue weighted by molar-refractivity contribution is 0.00552. The second-order valence-corrected chi connectivity index (χ2v) is 12.9. The van der Waals surface area contributed by atoms with Crippen LogP contribution in [0.1, 0.15) is 63.1 Å². The molecule has 0 radical (unpaired) electrons. The van der Waals surface area contributed by atoms with Crippen molar-refractivity contribution >= 4 is 5.91 Å². The normalized spacial score (nSPS) is 28.8. The van der Waals surface area contributed by atoms with Crippen LogP contribution in [0.25, 0.3) is 0 Å². The van der Waals surface area contributed by atoms with E-state index in [2.05, 4.69) is 28.9 Å². The summed E-state index contributed by atoms with van der Waals surface area (Å²) in [6.07, 6.45) is 5.39. The van der Waals surface area contributed by atoms with Crippen LogP contribution in [0.3, 0.4) is 0 Å². The number of phenolic OH excluding ortho intramolecular Hbond substituents is 1. The third-order valence-corrected chi connectivity index (χ3v) is 10.6. The number of hydrogen-bond donors (Lipinski definition) is 2. The summed E-state index contributed by atoms with van der Waals surface area (Å²) in [5.74, 6) is 2.02. The summed E-state index contributed by atoms with van der Waals surface area (Å²) in [6, 6.07) is 16.4. The number of aromatic amines is 1. The molecule has 3 heterocycles. The molecule has 2 aliphatic heterocycles. The zero-order chi connectivity index (χ0) is 26.5. The Morgan fingerprint density at radius 2 is 1.85 bits per heavy atom. The summed E-state index contributed by atoms with van der Waals surface area (Å²) in [5, 5.41) is 10.5. The molecule has 1 saturated heterocycles. The maximum atomic E-state index is 13.6. The Bertz CT molecular complexity index is 1550. The van der Waals surface area contributed by atoms with Gasteiger partial charge in [0.05, 0.1) is 0 Å². The number of carbonyl (C=O) groups excluding carboxylic acids is 1. The van der Waals surface area contributed by atoms with E-state index in [-0.39, 0.29) is 22.4 Å². The van der Waals surface area contributed by atoms with Gasteiger partial charge in [0.1, 0.15) is 11.3 Å². The van der Waals surface area contributed by atoms with Gasteiger partial charge in [-0.1, -0.05) is 30.3 Å². The van der Waals surface area contributed by atoms with Crippen molar-refractivity contribution in [1.82, 2.24) is 14.8 Å². The number of benzene rings is 2. The fourth-order valence-electron chi connectivity index (χ4n) is 8.61. The molecule has 2 N–H and O–H groups in total. The molecule has 1 amide bonds. The molecular formula is C33H35N3O3. The largest absolute Gasteiger partial charge is 0.508 e. The van der Waals surface area contributed by atoms with Crippen molar-refractivity contribution in [3.63, 3.8) is 0 Å². The minimum absolute atomic E-state index is 0.117. The number of amides is 1. The first-order valence-electron chi connectivity index (χ1n) is 14.5. The Kier molecular flexibility index (Phi) is 5.01. The highest BCUT2D eigenvalue weighted by Gasteiger charge is 2.62. The van der Waals surface area contributed by atoms with Crippen LogP contribution < -0.4 is 5.56 Å². The SMILES string of the molecule is Cc1ccc(O)cc1C12Cc3[nH]c(=O)c(C(=O)N4Cc5ccccc5C4)cc3CC1C1C(CN1CC1CC1)C2. The van der Waals surface area contributed by atoms with Gasteiger partial charge in [-0.05, 0) is 103 Å². The van der Waals surface area contributed by atoms with Gasteiger partial charge in [0.15, 0.2) is 0 Å². The van der Waals surface area contributed by atoms with Crippen LogP contribution in [-0.2, 0) is 31.3 Å². The minimum Gasteiger partial charge on any atom is -0.508 e. The van der Waals surface area contributed by atoms with Gasteiger partial charge in [-0.3, -0.25) is 14.5 Å². The number of nitrogens with one attached hydrogen (secondary N) is 1. The van der Waals surface area contributed by atoms with Crippen LogP contribution >= 0.6 is 0 Å². The van der Waals surface area contributed by atoms with E-state index in [1.807, 2.05) is 30.3 Å². The van der Waals surface area contributed by atoms with Gasteiger partial charge in [-0.25, -0.2) is 0 Å². The Hall–Kier alpha value is -3.38. The summed E-state index contributed by atoms with van der Waals surface area (Å²) in [4.78, 5) is 34.7. The first-order chi connectivity index (χ1) is 18.9. The molecule has 200 valence electrons. The van der Waals surface area contributed by atoms with Crippen molar-refractivity contribution in [2.24, 2.45) is 17.8 Å². The molecule has 5 aliphatic rings. The number of nitrogens with zero attached hydrogens (tertiary/aromatic N) is 2. The Labute approximate surface area is 228 Å². The number of H-pyrrole nitrogens is 1. The van der Waals surface area contributed by atoms with Gasteiger partial charge < -0.3 is 15.0 Å². The smallest absolute Gasteiger partial charge is 0.261 e. The van der Waals surface area contributed by atoms with E-state index in [1.54, 1.807) is 11.0 Å². The van der Waals surface area contributed by atoms with Crippen molar-refractivity contribution < 1.29 is 9.90 Å². The van der Waals surface area contributed by atoms with Gasteiger partial charge >= 0.3 is 0 Å². The third kappa shape index (κ3) is 3.57. The van der Waals surface area contributed by atoms with E-state index in [0.29, 0.717) is 36.7 Å². The molecule has 0 spiro atoms. The van der Waals surface area contributed by atoms with E-state index < -0.39 is 0 Å². The molecule has 8 rings (SSSR count). The fourth-order valence-corrected chi connectivity index (χ4v) is 8.61. The van der Waals surface area contributed by atoms with Crippen LogP contribution in [0.15, 0.2) is 53.3 Å². The quantitative estimate of drug-likeness (QED) is 0.537. The standard InChI is InChI=1S/C33H35N3O3/c1-19-6-9-25(37)12-27(19)33-13-24-18-35(15-20-7-8-20)30(24)28(33)11-23-10-26(31(38)34-29(23)14-33)32(39)36-16-21-4-2-3-5-22(21)17-36/h2-6,9-10,12,20,24,28,30,37H,7-8,11,13-18H2,1H3,(H,34,38). The highest BCUT2D eigenvalue weighted by atomic mass is 16.3. The molecular weight excluding hydrogens is 486 g/mol. The van der Waals surface area contributed by atoms with Crippen LogP contribution in [-0.4, -0.2) is 44.9 Å². The minimum atomic E-state index is -0.285. The number of phenols is 1. The van der Waals surface area contributed by atoms with Crippen molar-refractivity contribution in [2.75, 3.05) is 13.1 Å². The lowest BCUT2D eigenvalue weighted by Gasteiger charge is -2.49. The Morgan fingerprint density at radius 1 is 1.08 bits per heavy atom. The molecule has 0 bridgehead atoms. The molecule has 4 atom stereocenters. The molecule has 6 nitrogen and oxygen atoms in total. The molecule has 2 saturated carbocycles. The summed E-state index contributed by atoms with van der Waals surface area (Å²) in [6.45, 7) is 5.60. The lowest BCUT2D eigenvalue weighted by atomic mass is 9.62. The highest BCUT2D eigenvalue weighted by Crippen LogP contribution is 2.60. The monoisotopic (exact) mass is 521 g/mol. The molecule has 39 heavy (non-hydrogen) atoms. The van der Waals surface area contributed by atoms with Crippen LogP contribution in [0.5, 0.6) is 5.75 Å². The number of aryl methyl sites for hydroxylation is 1. The summed E-state index contributed by atoms with van der Waals surface area (Å²) >= 11 is 0. The molecule has 1 aromatic heterocycles. The van der Waals surface area contributed by atoms with Gasteiger partial charge in [0.25, 0.3) is 11.5 Å². The topological polar surface area (TPSA) is 76.6 Å². The van der Waals surface area contributed by atoms with Gasteiger partial charge in [0.2, 0.25) is 0 Å². The van der Waals surface area contributed by atoms with Gasteiger partial charge in [-0.15, -0.1) is 0 Å². The van der Waals surface area contributed by atoms with E-state index in [9.17, 15) is 14.7 Å². The van der Waals surface area contributed by atoms with E-state index >= 15 is 0 Å². The molecule has 3 aromatic rings. The predicted molar refractivity (Wildman–Crippen MR) is 149 cm³/mol. The summed E-state index contributed by atoms with van der Waals surface area (Å²) in [7, 11) is 0. The Morgan fingerprint density at radius 3 is 2.59 bits per heavy atom. The lowest BCUT2D eigenvalue weighted by Crippen LogP contribution is -2.58. The van der Waals surface area contributed by atoms with Crippen LogP contribution in [0.2, 0.25) is 0 Å². The number of aromatic nitrogens is 1. The average Bonchev–Trinajstić information content (AvgIpc) is 3.57. The number of aromatic hydroxyl groups is 1. The van der Waals surface area contributed by atoms with Crippen molar-refractivity contribution in [2.45, 2.75) is 63.6 Å². The maximum Gasteiger partial charge on any atom is 0.261 e. The van der Waals surface area contributed by atoms with E-state index in [4.69, 9.17) is 0 Å². The zero-order valence-electron chi connectivity index (χ0n) is 22.5. The number of rotatable bonds is 4. The molecule has 3 aliphatic carbocycles. The molecule has 2 aromatic carbocycles. The van der Waals surface area contributed by atoms with Crippen molar-refractivity contribution in [3.8, 4) is 5.75 Å². The molecule has 3 fully saturated rings. The fraction of sp³-hybridized carbons (Fsp3) is 0.455. The number of fused-ring (bicyclic) bond motifs is 5. The number of hydrogen-bond acceptors (Lipinski definition) is 4. The zero-order valence-corrected chi connectivity index (χ0v) is 22.5. The first kappa shape index (κ1) is 23.5. The van der Waals surface area contributed by atoms with Gasteiger partial charge in [0, 0.05) is 43.3 Å². The highest BCUT2D eigenvalue weighted by molar-refractivity contribution is 5.94. The number of carbonyl (C=O) groups is 1. The Balaban J connectivity index is 1.17. The van der Waals surface area contributed by atoms with Crippen molar-refractivity contribution in [1.29, 1.82) is 0 Å². The second kappa shape index (κ2) is 8.31. The number of pyridine rings is 1. The maximum absolute atomic E-state index is 13.6. The molecule has 4 unspecified atom stereocenters.